The number of rotatable bonds is 6. The summed E-state index contributed by atoms with van der Waals surface area (Å²) in [7, 11) is 0. The minimum absolute atomic E-state index is 0.00420. The molecule has 0 aliphatic heterocycles. The number of benzene rings is 1. The highest BCUT2D eigenvalue weighted by molar-refractivity contribution is 7.99. The largest absolute Gasteiger partial charge is 0.398 e. The van der Waals surface area contributed by atoms with Gasteiger partial charge in [0.05, 0.1) is 0 Å². The molecule has 112 valence electrons. The third-order valence-electron chi connectivity index (χ3n) is 3.01. The number of hydrogen-bond acceptors (Lipinski definition) is 5. The summed E-state index contributed by atoms with van der Waals surface area (Å²) in [5, 5.41) is 10.4. The SMILES string of the molecule is Cc1nc(SCCCC(=O)Nc2cccc(N)c2C)n[nH]1. The summed E-state index contributed by atoms with van der Waals surface area (Å²) in [6, 6.07) is 5.51. The normalized spacial score (nSPS) is 10.6. The lowest BCUT2D eigenvalue weighted by molar-refractivity contribution is -0.116. The third-order valence-corrected chi connectivity index (χ3v) is 3.94. The molecule has 4 N–H and O–H groups in total. The molecule has 1 aromatic heterocycles. The summed E-state index contributed by atoms with van der Waals surface area (Å²) < 4.78 is 0. The van der Waals surface area contributed by atoms with E-state index in [4.69, 9.17) is 5.73 Å². The second-order valence-corrected chi connectivity index (χ2v) is 5.79. The molecule has 0 fully saturated rings. The van der Waals surface area contributed by atoms with Crippen LogP contribution >= 0.6 is 11.8 Å². The van der Waals surface area contributed by atoms with Gasteiger partial charge in [-0.1, -0.05) is 17.8 Å². The summed E-state index contributed by atoms with van der Waals surface area (Å²) in [4.78, 5) is 16.1. The van der Waals surface area contributed by atoms with E-state index in [9.17, 15) is 4.79 Å². The highest BCUT2D eigenvalue weighted by atomic mass is 32.2. The standard InChI is InChI=1S/C14H19N5OS/c1-9-11(15)5-3-6-12(9)17-13(20)7-4-8-21-14-16-10(2)18-19-14/h3,5-6H,4,7-8,15H2,1-2H3,(H,17,20)(H,16,18,19). The fraction of sp³-hybridized carbons (Fsp3) is 0.357. The van der Waals surface area contributed by atoms with E-state index in [2.05, 4.69) is 20.5 Å². The Bertz CT molecular complexity index is 626. The number of carbonyl (C=O) groups excluding carboxylic acids is 1. The number of aromatic amines is 1. The van der Waals surface area contributed by atoms with E-state index in [-0.39, 0.29) is 5.91 Å². The lowest BCUT2D eigenvalue weighted by atomic mass is 10.1. The molecule has 21 heavy (non-hydrogen) atoms. The molecule has 1 aromatic carbocycles. The molecule has 2 rings (SSSR count). The summed E-state index contributed by atoms with van der Waals surface area (Å²) >= 11 is 1.54. The smallest absolute Gasteiger partial charge is 0.224 e. The van der Waals surface area contributed by atoms with Crippen LogP contribution in [0.4, 0.5) is 11.4 Å². The molecule has 2 aromatic rings. The molecule has 0 radical (unpaired) electrons. The molecule has 0 bridgehead atoms. The Labute approximate surface area is 127 Å². The van der Waals surface area contributed by atoms with Gasteiger partial charge in [0.25, 0.3) is 0 Å². The number of H-pyrrole nitrogens is 1. The minimum atomic E-state index is -0.00420. The number of nitrogen functional groups attached to an aromatic ring is 1. The first-order valence-corrected chi connectivity index (χ1v) is 7.71. The van der Waals surface area contributed by atoms with Crippen molar-refractivity contribution in [2.24, 2.45) is 0 Å². The molecule has 0 spiro atoms. The van der Waals surface area contributed by atoms with Crippen LogP contribution in [0.3, 0.4) is 0 Å². The molecule has 0 aliphatic carbocycles. The van der Waals surface area contributed by atoms with Gasteiger partial charge in [-0.2, -0.15) is 0 Å². The Morgan fingerprint density at radius 1 is 1.43 bits per heavy atom. The molecule has 0 saturated heterocycles. The Morgan fingerprint density at radius 2 is 2.24 bits per heavy atom. The summed E-state index contributed by atoms with van der Waals surface area (Å²) in [5.41, 5.74) is 8.17. The van der Waals surface area contributed by atoms with Gasteiger partial charge >= 0.3 is 0 Å². The zero-order chi connectivity index (χ0) is 15.2. The lowest BCUT2D eigenvalue weighted by Crippen LogP contribution is -2.12. The van der Waals surface area contributed by atoms with Crippen molar-refractivity contribution in [3.8, 4) is 0 Å². The molecule has 6 nitrogen and oxygen atoms in total. The molecule has 1 amide bonds. The first-order chi connectivity index (χ1) is 10.1. The summed E-state index contributed by atoms with van der Waals surface area (Å²) in [5.74, 6) is 1.60. The topological polar surface area (TPSA) is 96.7 Å². The minimum Gasteiger partial charge on any atom is -0.398 e. The van der Waals surface area contributed by atoms with E-state index in [0.29, 0.717) is 12.1 Å². The van der Waals surface area contributed by atoms with E-state index in [0.717, 1.165) is 34.4 Å². The van der Waals surface area contributed by atoms with Gasteiger partial charge in [-0.25, -0.2) is 4.98 Å². The molecule has 0 saturated carbocycles. The highest BCUT2D eigenvalue weighted by Crippen LogP contribution is 2.21. The molecule has 0 atom stereocenters. The van der Waals surface area contributed by atoms with Gasteiger partial charge in [-0.05, 0) is 38.0 Å². The van der Waals surface area contributed by atoms with E-state index >= 15 is 0 Å². The Balaban J connectivity index is 1.73. The van der Waals surface area contributed by atoms with Crippen molar-refractivity contribution in [1.82, 2.24) is 15.2 Å². The second-order valence-electron chi connectivity index (χ2n) is 4.72. The fourth-order valence-corrected chi connectivity index (χ4v) is 2.57. The quantitative estimate of drug-likeness (QED) is 0.433. The van der Waals surface area contributed by atoms with Crippen molar-refractivity contribution < 1.29 is 4.79 Å². The van der Waals surface area contributed by atoms with E-state index in [1.165, 1.54) is 0 Å². The van der Waals surface area contributed by atoms with Crippen LogP contribution < -0.4 is 11.1 Å². The zero-order valence-corrected chi connectivity index (χ0v) is 13.0. The van der Waals surface area contributed by atoms with Crippen LogP contribution in [0.1, 0.15) is 24.2 Å². The highest BCUT2D eigenvalue weighted by Gasteiger charge is 2.07. The Morgan fingerprint density at radius 3 is 2.95 bits per heavy atom. The summed E-state index contributed by atoms with van der Waals surface area (Å²) in [6.45, 7) is 3.75. The summed E-state index contributed by atoms with van der Waals surface area (Å²) in [6.07, 6.45) is 1.23. The van der Waals surface area contributed by atoms with Gasteiger partial charge in [0, 0.05) is 23.5 Å². The molecule has 0 aliphatic rings. The number of thioether (sulfide) groups is 1. The van der Waals surface area contributed by atoms with Gasteiger partial charge in [-0.15, -0.1) is 5.10 Å². The van der Waals surface area contributed by atoms with Crippen LogP contribution in [-0.4, -0.2) is 26.8 Å². The fourth-order valence-electron chi connectivity index (χ4n) is 1.78. The van der Waals surface area contributed by atoms with Crippen molar-refractivity contribution in [2.75, 3.05) is 16.8 Å². The number of hydrogen-bond donors (Lipinski definition) is 3. The maximum atomic E-state index is 11.9. The zero-order valence-electron chi connectivity index (χ0n) is 12.1. The average Bonchev–Trinajstić information content (AvgIpc) is 2.86. The number of nitrogens with two attached hydrogens (primary N) is 1. The molecule has 0 unspecified atom stereocenters. The van der Waals surface area contributed by atoms with Crippen molar-refractivity contribution in [1.29, 1.82) is 0 Å². The first-order valence-electron chi connectivity index (χ1n) is 6.73. The number of nitrogens with zero attached hydrogens (tertiary/aromatic N) is 2. The number of amides is 1. The van der Waals surface area contributed by atoms with Crippen molar-refractivity contribution in [3.63, 3.8) is 0 Å². The predicted octanol–water partition coefficient (Wildman–Crippen LogP) is 2.51. The monoisotopic (exact) mass is 305 g/mol. The maximum absolute atomic E-state index is 11.9. The van der Waals surface area contributed by atoms with Gasteiger partial charge < -0.3 is 11.1 Å². The molecule has 7 heteroatoms. The van der Waals surface area contributed by atoms with Gasteiger partial charge in [0.15, 0.2) is 0 Å². The second kappa shape index (κ2) is 7.12. The third kappa shape index (κ3) is 4.49. The van der Waals surface area contributed by atoms with E-state index in [1.807, 2.05) is 32.0 Å². The van der Waals surface area contributed by atoms with E-state index < -0.39 is 0 Å². The van der Waals surface area contributed by atoms with Crippen molar-refractivity contribution in [3.05, 3.63) is 29.6 Å². The Kier molecular flexibility index (Phi) is 5.21. The number of aryl methyl sites for hydroxylation is 1. The Hall–Kier alpha value is -2.02. The van der Waals surface area contributed by atoms with Crippen LogP contribution in [0.5, 0.6) is 0 Å². The number of aromatic nitrogens is 3. The van der Waals surface area contributed by atoms with Gasteiger partial charge in [0.1, 0.15) is 5.82 Å². The first kappa shape index (κ1) is 15.4. The predicted molar refractivity (Wildman–Crippen MR) is 85.3 cm³/mol. The van der Waals surface area contributed by atoms with Crippen molar-refractivity contribution >= 4 is 29.0 Å². The van der Waals surface area contributed by atoms with Crippen LogP contribution in [0.25, 0.3) is 0 Å². The van der Waals surface area contributed by atoms with Crippen LogP contribution in [0, 0.1) is 13.8 Å². The van der Waals surface area contributed by atoms with Crippen LogP contribution in [-0.2, 0) is 4.79 Å². The molecule has 1 heterocycles. The van der Waals surface area contributed by atoms with Crippen molar-refractivity contribution in [2.45, 2.75) is 31.8 Å². The number of nitrogens with one attached hydrogen (secondary N) is 2. The van der Waals surface area contributed by atoms with Crippen LogP contribution in [0.2, 0.25) is 0 Å². The number of anilines is 2. The van der Waals surface area contributed by atoms with Crippen LogP contribution in [0.15, 0.2) is 23.4 Å². The lowest BCUT2D eigenvalue weighted by Gasteiger charge is -2.09. The van der Waals surface area contributed by atoms with Gasteiger partial charge in [-0.3, -0.25) is 9.89 Å². The van der Waals surface area contributed by atoms with Gasteiger partial charge in [0.2, 0.25) is 11.1 Å². The molecular formula is C14H19N5OS. The maximum Gasteiger partial charge on any atom is 0.224 e. The average molecular weight is 305 g/mol. The number of carbonyl (C=O) groups is 1. The van der Waals surface area contributed by atoms with E-state index in [1.54, 1.807) is 11.8 Å². The molecular weight excluding hydrogens is 286 g/mol.